The summed E-state index contributed by atoms with van der Waals surface area (Å²) in [6.07, 6.45) is 4.00. The molecule has 2 aromatic carbocycles. The summed E-state index contributed by atoms with van der Waals surface area (Å²) in [6.45, 7) is 3.54. The monoisotopic (exact) mass is 322 g/mol. The Morgan fingerprint density at radius 1 is 0.958 bits per heavy atom. The molecule has 1 saturated heterocycles. The molecule has 24 heavy (non-hydrogen) atoms. The molecule has 1 atom stereocenters. The second-order valence-corrected chi connectivity index (χ2v) is 6.08. The van der Waals surface area contributed by atoms with E-state index in [1.807, 2.05) is 6.20 Å². The minimum absolute atomic E-state index is 0.137. The fraction of sp³-hybridized carbons (Fsp3) is 0.200. The van der Waals surface area contributed by atoms with E-state index in [4.69, 9.17) is 4.74 Å². The first-order valence-corrected chi connectivity index (χ1v) is 8.09. The Morgan fingerprint density at radius 3 is 2.42 bits per heavy atom. The van der Waals surface area contributed by atoms with Crippen molar-refractivity contribution in [2.45, 2.75) is 13.2 Å². The van der Waals surface area contributed by atoms with E-state index in [2.05, 4.69) is 52.9 Å². The predicted molar refractivity (Wildman–Crippen MR) is 92.9 cm³/mol. The van der Waals surface area contributed by atoms with E-state index in [-0.39, 0.29) is 12.0 Å². The maximum absolute atomic E-state index is 13.2. The minimum Gasteiger partial charge on any atom is -0.352 e. The van der Waals surface area contributed by atoms with Crippen LogP contribution in [-0.4, -0.2) is 17.7 Å². The van der Waals surface area contributed by atoms with E-state index in [0.717, 1.165) is 23.5 Å². The molecule has 1 aliphatic heterocycles. The van der Waals surface area contributed by atoms with Crippen LogP contribution in [-0.2, 0) is 4.74 Å². The Balaban J connectivity index is 1.61. The van der Waals surface area contributed by atoms with Gasteiger partial charge in [0, 0.05) is 35.9 Å². The summed E-state index contributed by atoms with van der Waals surface area (Å²) in [5.41, 5.74) is 4.44. The molecule has 0 saturated carbocycles. The molecular weight excluding hydrogens is 303 g/mol. The number of aromatic nitrogens is 1. The van der Waals surface area contributed by atoms with Crippen LogP contribution in [0.2, 0.25) is 0 Å². The molecule has 2 heterocycles. The van der Waals surface area contributed by atoms with Gasteiger partial charge in [-0.1, -0.05) is 17.7 Å². The highest BCUT2D eigenvalue weighted by Crippen LogP contribution is 2.32. The van der Waals surface area contributed by atoms with Gasteiger partial charge in [-0.25, -0.2) is 4.39 Å². The van der Waals surface area contributed by atoms with Crippen LogP contribution in [0.3, 0.4) is 0 Å². The van der Waals surface area contributed by atoms with Crippen LogP contribution in [0.5, 0.6) is 0 Å². The average molecular weight is 322 g/mol. The number of anilines is 1. The van der Waals surface area contributed by atoms with Crippen molar-refractivity contribution in [2.24, 2.45) is 0 Å². The maximum atomic E-state index is 13.2. The Labute approximate surface area is 140 Å². The van der Waals surface area contributed by atoms with Crippen LogP contribution in [0.4, 0.5) is 10.1 Å². The van der Waals surface area contributed by atoms with Gasteiger partial charge in [0.05, 0.1) is 6.61 Å². The lowest BCUT2D eigenvalue weighted by Crippen LogP contribution is -2.22. The normalized spacial score (nSPS) is 17.4. The van der Waals surface area contributed by atoms with Crippen molar-refractivity contribution < 1.29 is 9.13 Å². The summed E-state index contributed by atoms with van der Waals surface area (Å²) in [5, 5.41) is 0. The van der Waals surface area contributed by atoms with Gasteiger partial charge in [0.15, 0.2) is 6.23 Å². The first-order chi connectivity index (χ1) is 11.7. The molecule has 0 spiro atoms. The summed E-state index contributed by atoms with van der Waals surface area (Å²) in [7, 11) is 0. The van der Waals surface area contributed by atoms with Crippen molar-refractivity contribution >= 4 is 5.69 Å². The number of benzene rings is 2. The number of nitrogens with zero attached hydrogens (tertiary/aromatic N) is 2. The predicted octanol–water partition coefficient (Wildman–Crippen LogP) is 4.46. The number of hydrogen-bond acceptors (Lipinski definition) is 2. The fourth-order valence-electron chi connectivity index (χ4n) is 3.08. The van der Waals surface area contributed by atoms with Gasteiger partial charge in [-0.15, -0.1) is 0 Å². The van der Waals surface area contributed by atoms with E-state index in [9.17, 15) is 4.39 Å². The summed E-state index contributed by atoms with van der Waals surface area (Å²) in [4.78, 5) is 2.16. The molecule has 1 unspecified atom stereocenters. The van der Waals surface area contributed by atoms with Gasteiger partial charge in [0.2, 0.25) is 0 Å². The lowest BCUT2D eigenvalue weighted by Gasteiger charge is -2.24. The van der Waals surface area contributed by atoms with Crippen LogP contribution in [0, 0.1) is 12.7 Å². The number of rotatable bonds is 3. The molecule has 0 bridgehead atoms. The van der Waals surface area contributed by atoms with Crippen LogP contribution in [0.15, 0.2) is 67.0 Å². The molecule has 1 fully saturated rings. The first-order valence-electron chi connectivity index (χ1n) is 8.09. The van der Waals surface area contributed by atoms with Gasteiger partial charge in [-0.2, -0.15) is 0 Å². The lowest BCUT2D eigenvalue weighted by atomic mass is 10.2. The van der Waals surface area contributed by atoms with Gasteiger partial charge in [0.25, 0.3) is 0 Å². The van der Waals surface area contributed by atoms with Gasteiger partial charge in [-0.05, 0) is 49.4 Å². The molecule has 122 valence electrons. The third-order valence-electron chi connectivity index (χ3n) is 4.38. The average Bonchev–Trinajstić information content (AvgIpc) is 3.25. The van der Waals surface area contributed by atoms with Gasteiger partial charge in [-0.3, -0.25) is 0 Å². The molecule has 4 heteroatoms. The summed E-state index contributed by atoms with van der Waals surface area (Å²) in [6, 6.07) is 17.1. The molecule has 3 nitrogen and oxygen atoms in total. The highest BCUT2D eigenvalue weighted by molar-refractivity contribution is 5.49. The molecule has 1 aromatic heterocycles. The highest BCUT2D eigenvalue weighted by Gasteiger charge is 2.27. The third-order valence-corrected chi connectivity index (χ3v) is 4.38. The Kier molecular flexibility index (Phi) is 3.82. The van der Waals surface area contributed by atoms with E-state index in [1.165, 1.54) is 17.7 Å². The number of aryl methyl sites for hydroxylation is 1. The molecule has 0 N–H and O–H groups in total. The van der Waals surface area contributed by atoms with Crippen molar-refractivity contribution in [3.05, 3.63) is 83.9 Å². The second-order valence-electron chi connectivity index (χ2n) is 6.08. The first kappa shape index (κ1) is 15.0. The zero-order chi connectivity index (χ0) is 16.5. The largest absolute Gasteiger partial charge is 0.352 e. The van der Waals surface area contributed by atoms with E-state index in [1.54, 1.807) is 12.1 Å². The SMILES string of the molecule is Cc1ccc(-n2ccc(C3OCCN3c3ccc(F)cc3)c2)cc1. The highest BCUT2D eigenvalue weighted by atomic mass is 19.1. The smallest absolute Gasteiger partial charge is 0.158 e. The van der Waals surface area contributed by atoms with E-state index < -0.39 is 0 Å². The molecule has 0 aliphatic carbocycles. The van der Waals surface area contributed by atoms with Crippen LogP contribution in [0.25, 0.3) is 5.69 Å². The van der Waals surface area contributed by atoms with E-state index >= 15 is 0 Å². The quantitative estimate of drug-likeness (QED) is 0.708. The van der Waals surface area contributed by atoms with Crippen molar-refractivity contribution in [1.29, 1.82) is 0 Å². The summed E-state index contributed by atoms with van der Waals surface area (Å²) >= 11 is 0. The van der Waals surface area contributed by atoms with Crippen LogP contribution >= 0.6 is 0 Å². The van der Waals surface area contributed by atoms with E-state index in [0.29, 0.717) is 6.61 Å². The molecule has 4 rings (SSSR count). The second kappa shape index (κ2) is 6.13. The zero-order valence-corrected chi connectivity index (χ0v) is 13.5. The molecular formula is C20H19FN2O. The van der Waals surface area contributed by atoms with Crippen molar-refractivity contribution in [3.8, 4) is 5.69 Å². The Bertz CT molecular complexity index is 824. The van der Waals surface area contributed by atoms with Crippen molar-refractivity contribution in [1.82, 2.24) is 4.57 Å². The molecule has 0 amide bonds. The standard InChI is InChI=1S/C20H19FN2O/c1-15-2-6-18(7-3-15)22-11-10-16(14-22)20-23(12-13-24-20)19-8-4-17(21)5-9-19/h2-11,14,20H,12-13H2,1H3. The fourth-order valence-corrected chi connectivity index (χ4v) is 3.08. The minimum atomic E-state index is -0.221. The Hall–Kier alpha value is -2.59. The van der Waals surface area contributed by atoms with Gasteiger partial charge < -0.3 is 14.2 Å². The lowest BCUT2D eigenvalue weighted by molar-refractivity contribution is 0.114. The topological polar surface area (TPSA) is 17.4 Å². The zero-order valence-electron chi connectivity index (χ0n) is 13.5. The molecule has 1 aliphatic rings. The number of halogens is 1. The van der Waals surface area contributed by atoms with Crippen molar-refractivity contribution in [3.63, 3.8) is 0 Å². The third kappa shape index (κ3) is 2.81. The maximum Gasteiger partial charge on any atom is 0.158 e. The van der Waals surface area contributed by atoms with Gasteiger partial charge >= 0.3 is 0 Å². The summed E-state index contributed by atoms with van der Waals surface area (Å²) < 4.78 is 21.2. The number of ether oxygens (including phenoxy) is 1. The van der Waals surface area contributed by atoms with Crippen molar-refractivity contribution in [2.75, 3.05) is 18.1 Å². The van der Waals surface area contributed by atoms with Crippen LogP contribution in [0.1, 0.15) is 17.4 Å². The Morgan fingerprint density at radius 2 is 1.67 bits per heavy atom. The number of hydrogen-bond donors (Lipinski definition) is 0. The van der Waals surface area contributed by atoms with Gasteiger partial charge in [0.1, 0.15) is 5.82 Å². The molecule has 0 radical (unpaired) electrons. The molecule has 3 aromatic rings. The van der Waals surface area contributed by atoms with Crippen LogP contribution < -0.4 is 4.90 Å². The summed E-state index contributed by atoms with van der Waals surface area (Å²) in [5.74, 6) is -0.221.